The summed E-state index contributed by atoms with van der Waals surface area (Å²) in [5.41, 5.74) is 5.62. The first-order valence-corrected chi connectivity index (χ1v) is 12.7. The third kappa shape index (κ3) is 5.13. The first-order valence-electron chi connectivity index (χ1n) is 9.67. The normalized spacial score (nSPS) is 39.0. The van der Waals surface area contributed by atoms with Crippen molar-refractivity contribution in [1.82, 2.24) is 16.0 Å². The molecule has 5 N–H and O–H groups in total. The summed E-state index contributed by atoms with van der Waals surface area (Å²) < 4.78 is 23.6. The second kappa shape index (κ2) is 8.77. The number of rotatable bonds is 6. The predicted octanol–water partition coefficient (Wildman–Crippen LogP) is -0.184. The topological polar surface area (TPSA) is 113 Å². The number of piperazine rings is 1. The Morgan fingerprint density at radius 3 is 2.54 bits per heavy atom. The zero-order valence-electron chi connectivity index (χ0n) is 15.4. The van der Waals surface area contributed by atoms with Crippen LogP contribution in [0.4, 0.5) is 0 Å². The number of nitrogens with one attached hydrogen (secondary N) is 3. The van der Waals surface area contributed by atoms with Gasteiger partial charge >= 0.3 is 0 Å². The summed E-state index contributed by atoms with van der Waals surface area (Å²) >= 11 is 2.03. The number of carbonyl (C=O) groups excluding carboxylic acids is 1. The van der Waals surface area contributed by atoms with Crippen molar-refractivity contribution in [3.05, 3.63) is 0 Å². The van der Waals surface area contributed by atoms with Gasteiger partial charge in [0.25, 0.3) is 0 Å². The maximum absolute atomic E-state index is 11.9. The third-order valence-corrected chi connectivity index (χ3v) is 9.13. The summed E-state index contributed by atoms with van der Waals surface area (Å²) in [5, 5.41) is 10.9. The Morgan fingerprint density at radius 1 is 1.23 bits per heavy atom. The highest BCUT2D eigenvalue weighted by Crippen LogP contribution is 2.32. The molecule has 0 spiro atoms. The first kappa shape index (κ1) is 20.4. The molecule has 1 saturated carbocycles. The number of nitrogens with two attached hydrogens (primary N) is 1. The lowest BCUT2D eigenvalue weighted by molar-refractivity contribution is -0.122. The molecule has 2 saturated heterocycles. The standard InChI is InChI=1S/C17H32N4O3S2/c1-26(23,24)13-6-4-11(5-7-13)15-16(17(18)22)20-10-14(21-15)19-9-12-3-2-8-25-12/h11-16,19-21H,2-10H2,1H3,(H2,18,22). The molecule has 0 radical (unpaired) electrons. The van der Waals surface area contributed by atoms with E-state index in [-0.39, 0.29) is 29.3 Å². The lowest BCUT2D eigenvalue weighted by atomic mass is 9.79. The van der Waals surface area contributed by atoms with Crippen LogP contribution in [0.15, 0.2) is 0 Å². The van der Waals surface area contributed by atoms with Gasteiger partial charge in [-0.15, -0.1) is 0 Å². The Balaban J connectivity index is 1.57. The average Bonchev–Trinajstić information content (AvgIpc) is 3.12. The number of thioether (sulfide) groups is 1. The van der Waals surface area contributed by atoms with Crippen molar-refractivity contribution in [3.8, 4) is 0 Å². The van der Waals surface area contributed by atoms with Gasteiger partial charge in [-0.25, -0.2) is 8.42 Å². The molecule has 150 valence electrons. The van der Waals surface area contributed by atoms with Crippen LogP contribution >= 0.6 is 11.8 Å². The molecule has 0 bridgehead atoms. The Hall–Kier alpha value is -0.350. The van der Waals surface area contributed by atoms with Gasteiger partial charge in [0.15, 0.2) is 0 Å². The van der Waals surface area contributed by atoms with Gasteiger partial charge < -0.3 is 11.1 Å². The summed E-state index contributed by atoms with van der Waals surface area (Å²) in [6, 6.07) is -0.441. The zero-order valence-corrected chi connectivity index (χ0v) is 17.1. The molecule has 4 unspecified atom stereocenters. The molecule has 0 aromatic rings. The highest BCUT2D eigenvalue weighted by Gasteiger charge is 2.40. The fourth-order valence-electron chi connectivity index (χ4n) is 4.53. The molecule has 2 aliphatic heterocycles. The Labute approximate surface area is 160 Å². The molecule has 0 aromatic heterocycles. The molecule has 9 heteroatoms. The van der Waals surface area contributed by atoms with Crippen molar-refractivity contribution < 1.29 is 13.2 Å². The Kier molecular flexibility index (Phi) is 6.88. The molecular formula is C17H32N4O3S2. The zero-order chi connectivity index (χ0) is 18.7. The molecule has 3 fully saturated rings. The maximum Gasteiger partial charge on any atom is 0.236 e. The van der Waals surface area contributed by atoms with Gasteiger partial charge in [0.05, 0.1) is 11.4 Å². The number of hydrogen-bond donors (Lipinski definition) is 4. The molecule has 1 aliphatic carbocycles. The van der Waals surface area contributed by atoms with Crippen molar-refractivity contribution in [1.29, 1.82) is 0 Å². The number of carbonyl (C=O) groups is 1. The van der Waals surface area contributed by atoms with Gasteiger partial charge in [0.1, 0.15) is 15.9 Å². The van der Waals surface area contributed by atoms with Crippen LogP contribution in [-0.4, -0.2) is 68.2 Å². The van der Waals surface area contributed by atoms with E-state index in [2.05, 4.69) is 16.0 Å². The van der Waals surface area contributed by atoms with E-state index in [9.17, 15) is 13.2 Å². The molecular weight excluding hydrogens is 372 g/mol. The molecule has 4 atom stereocenters. The number of primary amides is 1. The number of hydrogen-bond acceptors (Lipinski definition) is 7. The second-order valence-electron chi connectivity index (χ2n) is 7.94. The van der Waals surface area contributed by atoms with Crippen molar-refractivity contribution in [2.24, 2.45) is 11.7 Å². The highest BCUT2D eigenvalue weighted by molar-refractivity contribution is 8.00. The summed E-state index contributed by atoms with van der Waals surface area (Å²) in [7, 11) is -2.98. The first-order chi connectivity index (χ1) is 12.3. The average molecular weight is 405 g/mol. The van der Waals surface area contributed by atoms with E-state index in [0.717, 1.165) is 19.4 Å². The summed E-state index contributed by atoms with van der Waals surface area (Å²) in [6.07, 6.45) is 6.96. The second-order valence-corrected chi connectivity index (χ2v) is 11.7. The lowest BCUT2D eigenvalue weighted by Crippen LogP contribution is -2.70. The van der Waals surface area contributed by atoms with Crippen LogP contribution < -0.4 is 21.7 Å². The van der Waals surface area contributed by atoms with Crippen LogP contribution in [0.5, 0.6) is 0 Å². The van der Waals surface area contributed by atoms with E-state index in [0.29, 0.717) is 24.6 Å². The van der Waals surface area contributed by atoms with Crippen LogP contribution in [0.1, 0.15) is 38.5 Å². The van der Waals surface area contributed by atoms with Crippen LogP contribution in [0, 0.1) is 5.92 Å². The largest absolute Gasteiger partial charge is 0.368 e. The molecule has 2 heterocycles. The number of amides is 1. The lowest BCUT2D eigenvalue weighted by Gasteiger charge is -2.43. The minimum atomic E-state index is -2.98. The summed E-state index contributed by atoms with van der Waals surface area (Å²) in [4.78, 5) is 11.9. The molecule has 1 amide bonds. The Morgan fingerprint density at radius 2 is 1.96 bits per heavy atom. The van der Waals surface area contributed by atoms with Crippen LogP contribution in [0.2, 0.25) is 0 Å². The maximum atomic E-state index is 11.9. The van der Waals surface area contributed by atoms with Gasteiger partial charge in [-0.1, -0.05) is 0 Å². The smallest absolute Gasteiger partial charge is 0.236 e. The Bertz CT molecular complexity index is 587. The minimum absolute atomic E-state index is 0.0458. The third-order valence-electron chi connectivity index (χ3n) is 6.05. The van der Waals surface area contributed by atoms with Crippen LogP contribution in [0.3, 0.4) is 0 Å². The van der Waals surface area contributed by atoms with Gasteiger partial charge in [-0.3, -0.25) is 15.4 Å². The van der Waals surface area contributed by atoms with E-state index < -0.39 is 15.9 Å². The van der Waals surface area contributed by atoms with Crippen molar-refractivity contribution >= 4 is 27.5 Å². The van der Waals surface area contributed by atoms with Crippen LogP contribution in [-0.2, 0) is 14.6 Å². The molecule has 3 rings (SSSR count). The fourth-order valence-corrected chi connectivity index (χ4v) is 6.87. The predicted molar refractivity (Wildman–Crippen MR) is 106 cm³/mol. The van der Waals surface area contributed by atoms with Crippen molar-refractivity contribution in [2.75, 3.05) is 25.1 Å². The monoisotopic (exact) mass is 404 g/mol. The van der Waals surface area contributed by atoms with E-state index in [1.807, 2.05) is 11.8 Å². The van der Waals surface area contributed by atoms with Crippen molar-refractivity contribution in [2.45, 2.75) is 67.3 Å². The van der Waals surface area contributed by atoms with E-state index in [4.69, 9.17) is 5.73 Å². The SMILES string of the molecule is CS(=O)(=O)C1CCC(C2NC(NCC3CCCS3)CNC2C(N)=O)CC1. The number of sulfone groups is 1. The molecule has 7 nitrogen and oxygen atoms in total. The molecule has 26 heavy (non-hydrogen) atoms. The molecule has 3 aliphatic rings. The van der Waals surface area contributed by atoms with Gasteiger partial charge in [-0.05, 0) is 50.2 Å². The summed E-state index contributed by atoms with van der Waals surface area (Å²) in [5.74, 6) is 1.18. The summed E-state index contributed by atoms with van der Waals surface area (Å²) in [6.45, 7) is 1.64. The van der Waals surface area contributed by atoms with E-state index in [1.165, 1.54) is 24.9 Å². The van der Waals surface area contributed by atoms with Crippen molar-refractivity contribution in [3.63, 3.8) is 0 Å². The van der Waals surface area contributed by atoms with Gasteiger partial charge in [-0.2, -0.15) is 11.8 Å². The molecule has 0 aromatic carbocycles. The van der Waals surface area contributed by atoms with Gasteiger partial charge in [0.2, 0.25) is 5.91 Å². The van der Waals surface area contributed by atoms with E-state index >= 15 is 0 Å². The quantitative estimate of drug-likeness (QED) is 0.485. The fraction of sp³-hybridized carbons (Fsp3) is 0.941. The van der Waals surface area contributed by atoms with Crippen LogP contribution in [0.25, 0.3) is 0 Å². The minimum Gasteiger partial charge on any atom is -0.368 e. The van der Waals surface area contributed by atoms with Gasteiger partial charge in [0, 0.05) is 30.6 Å². The highest BCUT2D eigenvalue weighted by atomic mass is 32.2. The van der Waals surface area contributed by atoms with E-state index in [1.54, 1.807) is 0 Å².